The van der Waals surface area contributed by atoms with Crippen LogP contribution >= 0.6 is 7.82 Å². The fourth-order valence-electron chi connectivity index (χ4n) is 5.69. The largest absolute Gasteiger partial charge is 0.472 e. The Morgan fingerprint density at radius 2 is 1.08 bits per heavy atom. The van der Waals surface area contributed by atoms with Gasteiger partial charge in [0.05, 0.1) is 19.8 Å². The molecule has 9 heteroatoms. The van der Waals surface area contributed by atoms with Crippen LogP contribution in [0, 0.1) is 0 Å². The summed E-state index contributed by atoms with van der Waals surface area (Å²) >= 11 is 0. The lowest BCUT2D eigenvalue weighted by atomic mass is 10.1. The highest BCUT2D eigenvalue weighted by Crippen LogP contribution is 2.43. The number of esters is 1. The van der Waals surface area contributed by atoms with Crippen molar-refractivity contribution in [3.8, 4) is 0 Å². The third-order valence-electron chi connectivity index (χ3n) is 8.76. The van der Waals surface area contributed by atoms with Crippen molar-refractivity contribution in [1.82, 2.24) is 0 Å². The van der Waals surface area contributed by atoms with Gasteiger partial charge >= 0.3 is 13.8 Å². The van der Waals surface area contributed by atoms with Gasteiger partial charge in [-0.3, -0.25) is 13.8 Å². The first-order valence-electron chi connectivity index (χ1n) is 21.1. The molecule has 2 unspecified atom stereocenters. The summed E-state index contributed by atoms with van der Waals surface area (Å²) in [4.78, 5) is 22.3. The molecule has 0 fully saturated rings. The maximum Gasteiger partial charge on any atom is 0.472 e. The molecule has 0 aromatic heterocycles. The van der Waals surface area contributed by atoms with E-state index in [4.69, 9.17) is 24.3 Å². The Balaban J connectivity index is 3.91. The van der Waals surface area contributed by atoms with Gasteiger partial charge in [0.1, 0.15) is 6.10 Å². The van der Waals surface area contributed by atoms with Crippen molar-refractivity contribution in [2.45, 2.75) is 187 Å². The van der Waals surface area contributed by atoms with E-state index >= 15 is 0 Å². The Bertz CT molecular complexity index is 936. The highest BCUT2D eigenvalue weighted by Gasteiger charge is 2.25. The van der Waals surface area contributed by atoms with Crippen molar-refractivity contribution in [2.24, 2.45) is 5.73 Å². The highest BCUT2D eigenvalue weighted by atomic mass is 31.2. The molecule has 0 spiro atoms. The summed E-state index contributed by atoms with van der Waals surface area (Å²) in [5.74, 6) is -0.336. The first-order valence-corrected chi connectivity index (χ1v) is 22.6. The Hall–Kier alpha value is -1.54. The van der Waals surface area contributed by atoms with Gasteiger partial charge in [0, 0.05) is 19.6 Å². The van der Waals surface area contributed by atoms with E-state index < -0.39 is 13.9 Å². The Morgan fingerprint density at radius 3 is 1.62 bits per heavy atom. The van der Waals surface area contributed by atoms with Gasteiger partial charge in [-0.15, -0.1) is 0 Å². The molecule has 0 aliphatic heterocycles. The summed E-state index contributed by atoms with van der Waals surface area (Å²) in [7, 11) is -4.27. The summed E-state index contributed by atoms with van der Waals surface area (Å²) in [6.07, 6.45) is 47.1. The smallest absolute Gasteiger partial charge is 0.457 e. The van der Waals surface area contributed by atoms with Gasteiger partial charge in [0.15, 0.2) is 0 Å². The van der Waals surface area contributed by atoms with Crippen LogP contribution in [0.5, 0.6) is 0 Å². The predicted molar refractivity (Wildman–Crippen MR) is 219 cm³/mol. The summed E-state index contributed by atoms with van der Waals surface area (Å²) in [6.45, 7) is 4.78. The van der Waals surface area contributed by atoms with E-state index in [9.17, 15) is 14.3 Å². The van der Waals surface area contributed by atoms with Crippen LogP contribution in [0.2, 0.25) is 0 Å². The first kappa shape index (κ1) is 50.5. The van der Waals surface area contributed by atoms with Gasteiger partial charge in [-0.05, 0) is 51.4 Å². The quantitative estimate of drug-likeness (QED) is 0.0275. The van der Waals surface area contributed by atoms with E-state index in [0.717, 1.165) is 57.8 Å². The number of phosphoric acid groups is 1. The van der Waals surface area contributed by atoms with Gasteiger partial charge in [-0.1, -0.05) is 172 Å². The Kier molecular flexibility index (Phi) is 39.4. The van der Waals surface area contributed by atoms with E-state index in [-0.39, 0.29) is 32.3 Å². The standard InChI is InChI=1S/C43H80NO7P/c1-3-5-7-9-11-13-14-15-16-17-18-19-20-21-22-23-24-25-26-27-29-31-33-35-38-48-40-42(41-50-52(46,47)49-39-37-44)51-43(45)36-34-32-30-28-12-10-8-6-4-2/h5,7,11,13,15-16,18-19,42H,3-4,6,8-10,12,14,17,20-41,44H2,1-2H3,(H,46,47)/b7-5-,13-11-,16-15-,19-18-. The lowest BCUT2D eigenvalue weighted by Crippen LogP contribution is -2.28. The van der Waals surface area contributed by atoms with Gasteiger partial charge in [0.2, 0.25) is 0 Å². The van der Waals surface area contributed by atoms with Crippen molar-refractivity contribution < 1.29 is 32.8 Å². The maximum atomic E-state index is 12.5. The molecule has 0 saturated heterocycles. The van der Waals surface area contributed by atoms with Crippen LogP contribution in [0.25, 0.3) is 0 Å². The molecule has 304 valence electrons. The van der Waals surface area contributed by atoms with Crippen molar-refractivity contribution >= 4 is 13.8 Å². The molecule has 0 radical (unpaired) electrons. The number of unbranched alkanes of at least 4 members (excludes halogenated alkanes) is 19. The Labute approximate surface area is 320 Å². The second-order valence-electron chi connectivity index (χ2n) is 13.8. The van der Waals surface area contributed by atoms with E-state index in [1.165, 1.54) is 103 Å². The monoisotopic (exact) mass is 754 g/mol. The zero-order valence-corrected chi connectivity index (χ0v) is 34.4. The van der Waals surface area contributed by atoms with E-state index in [0.29, 0.717) is 13.0 Å². The number of ether oxygens (including phenoxy) is 2. The van der Waals surface area contributed by atoms with Crippen LogP contribution in [-0.4, -0.2) is 49.9 Å². The van der Waals surface area contributed by atoms with Crippen molar-refractivity contribution in [2.75, 3.05) is 33.0 Å². The summed E-state index contributed by atoms with van der Waals surface area (Å²) in [5, 5.41) is 0. The lowest BCUT2D eigenvalue weighted by molar-refractivity contribution is -0.154. The number of hydrogen-bond donors (Lipinski definition) is 2. The molecule has 0 aliphatic rings. The minimum absolute atomic E-state index is 0.0961. The number of carbonyl (C=O) groups excluding carboxylic acids is 1. The number of rotatable bonds is 40. The molecule has 52 heavy (non-hydrogen) atoms. The number of hydrogen-bond acceptors (Lipinski definition) is 7. The molecule has 0 aliphatic carbocycles. The molecule has 0 bridgehead atoms. The number of allylic oxidation sites excluding steroid dienone is 8. The molecular formula is C43H80NO7P. The van der Waals surface area contributed by atoms with Crippen molar-refractivity contribution in [1.29, 1.82) is 0 Å². The highest BCUT2D eigenvalue weighted by molar-refractivity contribution is 7.47. The zero-order valence-electron chi connectivity index (χ0n) is 33.5. The molecule has 0 amide bonds. The third-order valence-corrected chi connectivity index (χ3v) is 9.74. The normalized spacial score (nSPS) is 14.0. The van der Waals surface area contributed by atoms with Crippen LogP contribution in [0.15, 0.2) is 48.6 Å². The second kappa shape index (κ2) is 40.6. The van der Waals surface area contributed by atoms with Gasteiger partial charge in [-0.2, -0.15) is 0 Å². The minimum Gasteiger partial charge on any atom is -0.457 e. The predicted octanol–water partition coefficient (Wildman–Crippen LogP) is 12.4. The molecule has 8 nitrogen and oxygen atoms in total. The van der Waals surface area contributed by atoms with Crippen molar-refractivity contribution in [3.05, 3.63) is 48.6 Å². The average molecular weight is 754 g/mol. The van der Waals surface area contributed by atoms with Crippen LogP contribution in [0.4, 0.5) is 0 Å². The van der Waals surface area contributed by atoms with Gasteiger partial charge in [-0.25, -0.2) is 4.57 Å². The van der Waals surface area contributed by atoms with Crippen LogP contribution < -0.4 is 5.73 Å². The minimum atomic E-state index is -4.27. The third kappa shape index (κ3) is 39.7. The number of phosphoric ester groups is 1. The molecule has 0 saturated carbocycles. The Morgan fingerprint density at radius 1 is 0.596 bits per heavy atom. The fourth-order valence-corrected chi connectivity index (χ4v) is 6.46. The second-order valence-corrected chi connectivity index (χ2v) is 15.3. The van der Waals surface area contributed by atoms with Crippen molar-refractivity contribution in [3.63, 3.8) is 0 Å². The van der Waals surface area contributed by atoms with Crippen LogP contribution in [0.1, 0.15) is 181 Å². The number of nitrogens with two attached hydrogens (primary N) is 1. The fraction of sp³-hybridized carbons (Fsp3) is 0.791. The zero-order chi connectivity index (χ0) is 38.1. The van der Waals surface area contributed by atoms with Crippen LogP contribution in [0.3, 0.4) is 0 Å². The lowest BCUT2D eigenvalue weighted by Gasteiger charge is -2.20. The molecule has 3 N–H and O–H groups in total. The maximum absolute atomic E-state index is 12.5. The van der Waals surface area contributed by atoms with E-state index in [2.05, 4.69) is 62.5 Å². The first-order chi connectivity index (χ1) is 25.4. The summed E-state index contributed by atoms with van der Waals surface area (Å²) in [5.41, 5.74) is 5.35. The molecule has 2 atom stereocenters. The molecule has 0 aromatic carbocycles. The van der Waals surface area contributed by atoms with E-state index in [1.807, 2.05) is 0 Å². The van der Waals surface area contributed by atoms with Crippen LogP contribution in [-0.2, 0) is 27.9 Å². The molecule has 0 aromatic rings. The molecule has 0 rings (SSSR count). The summed E-state index contributed by atoms with van der Waals surface area (Å²) < 4.78 is 33.3. The average Bonchev–Trinajstić information content (AvgIpc) is 3.13. The number of carbonyl (C=O) groups is 1. The molecule has 0 heterocycles. The van der Waals surface area contributed by atoms with E-state index in [1.54, 1.807) is 0 Å². The summed E-state index contributed by atoms with van der Waals surface area (Å²) in [6, 6.07) is 0. The molecular weight excluding hydrogens is 673 g/mol. The topological polar surface area (TPSA) is 117 Å². The van der Waals surface area contributed by atoms with Gasteiger partial charge < -0.3 is 20.1 Å². The SMILES string of the molecule is CC/C=C\C/C=C\C/C=C\C/C=C\CCCCCCCCCCCCCOCC(COP(=O)(O)OCCN)OC(=O)CCCCCCCCCCC. The van der Waals surface area contributed by atoms with Gasteiger partial charge in [0.25, 0.3) is 0 Å².